The first-order chi connectivity index (χ1) is 46.7. The largest absolute Gasteiger partial charge is 0.311 e. The van der Waals surface area contributed by atoms with Gasteiger partial charge in [0.15, 0.2) is 0 Å². The van der Waals surface area contributed by atoms with Gasteiger partial charge < -0.3 is 19.6 Å². The minimum Gasteiger partial charge on any atom is -0.311 e. The van der Waals surface area contributed by atoms with Crippen molar-refractivity contribution in [1.82, 2.24) is 0 Å². The van der Waals surface area contributed by atoms with Crippen LogP contribution in [0.4, 0.5) is 68.2 Å². The molecule has 0 radical (unpaired) electrons. The summed E-state index contributed by atoms with van der Waals surface area (Å²) in [5.41, 5.74) is 17.5. The maximum absolute atomic E-state index is 2.49. The Kier molecular flexibility index (Phi) is 14.2. The van der Waals surface area contributed by atoms with Crippen molar-refractivity contribution in [2.24, 2.45) is 0 Å². The van der Waals surface area contributed by atoms with Gasteiger partial charge in [-0.2, -0.15) is 0 Å². The molecule has 0 N–H and O–H groups in total. The van der Waals surface area contributed by atoms with Gasteiger partial charge in [0.05, 0.1) is 22.7 Å². The number of nitrogens with zero attached hydrogens (tertiary/aromatic N) is 4. The van der Waals surface area contributed by atoms with Crippen molar-refractivity contribution in [2.75, 3.05) is 19.6 Å². The van der Waals surface area contributed by atoms with Gasteiger partial charge in [0.1, 0.15) is 0 Å². The normalized spacial score (nSPS) is 11.4. The summed E-state index contributed by atoms with van der Waals surface area (Å²) in [5, 5.41) is 13.9. The van der Waals surface area contributed by atoms with E-state index in [1.165, 1.54) is 43.1 Å². The van der Waals surface area contributed by atoms with E-state index >= 15 is 0 Å². The molecule has 0 amide bonds. The zero-order chi connectivity index (χ0) is 62.3. The maximum Gasteiger partial charge on any atom is 0.0540 e. The Bertz CT molecular complexity index is 5010. The summed E-state index contributed by atoms with van der Waals surface area (Å²) >= 11 is 0. The Morgan fingerprint density at radius 2 is 0.372 bits per heavy atom. The molecule has 0 atom stereocenters. The fourth-order valence-electron chi connectivity index (χ4n) is 14.3. The van der Waals surface area contributed by atoms with Crippen molar-refractivity contribution in [2.45, 2.75) is 0 Å². The summed E-state index contributed by atoms with van der Waals surface area (Å²) in [5.74, 6) is 0. The fourth-order valence-corrected chi connectivity index (χ4v) is 14.3. The molecule has 0 aliphatic heterocycles. The Morgan fingerprint density at radius 3 is 0.660 bits per heavy atom. The lowest BCUT2D eigenvalue weighted by atomic mass is 9.85. The molecule has 4 nitrogen and oxygen atoms in total. The maximum atomic E-state index is 2.49. The summed E-state index contributed by atoms with van der Waals surface area (Å²) in [7, 11) is 0. The number of rotatable bonds is 14. The molecule has 17 rings (SSSR count). The van der Waals surface area contributed by atoms with E-state index in [4.69, 9.17) is 0 Å². The molecule has 0 unspecified atom stereocenters. The minimum absolute atomic E-state index is 1.05. The Labute approximate surface area is 547 Å². The molecule has 0 bridgehead atoms. The molecule has 0 saturated heterocycles. The van der Waals surface area contributed by atoms with Gasteiger partial charge in [-0.05, 0) is 187 Å². The monoisotopic (exact) mass is 1200 g/mol. The quantitative estimate of drug-likeness (QED) is 0.101. The molecule has 0 saturated carbocycles. The zero-order valence-corrected chi connectivity index (χ0v) is 51.6. The second-order valence-corrected chi connectivity index (χ2v) is 24.0. The molecule has 0 aliphatic carbocycles. The van der Waals surface area contributed by atoms with Crippen LogP contribution in [0.3, 0.4) is 0 Å². The average Bonchev–Trinajstić information content (AvgIpc) is 0.730. The van der Waals surface area contributed by atoms with Crippen molar-refractivity contribution in [3.63, 3.8) is 0 Å². The Hall–Kier alpha value is -12.5. The highest BCUT2D eigenvalue weighted by atomic mass is 15.2. The molecular weight excluding hydrogens is 1140 g/mol. The zero-order valence-electron chi connectivity index (χ0n) is 51.6. The van der Waals surface area contributed by atoms with Crippen LogP contribution in [0.15, 0.2) is 376 Å². The van der Waals surface area contributed by atoms with Crippen molar-refractivity contribution < 1.29 is 0 Å². The van der Waals surface area contributed by atoms with E-state index in [0.29, 0.717) is 0 Å². The Morgan fingerprint density at radius 1 is 0.138 bits per heavy atom. The van der Waals surface area contributed by atoms with Crippen LogP contribution >= 0.6 is 0 Å². The van der Waals surface area contributed by atoms with Crippen LogP contribution in [0.1, 0.15) is 0 Å². The molecule has 94 heavy (non-hydrogen) atoms. The molecule has 4 heteroatoms. The van der Waals surface area contributed by atoms with Gasteiger partial charge in [-0.1, -0.05) is 255 Å². The first kappa shape index (κ1) is 55.6. The lowest BCUT2D eigenvalue weighted by Gasteiger charge is -2.30. The van der Waals surface area contributed by atoms with E-state index in [2.05, 4.69) is 396 Å². The van der Waals surface area contributed by atoms with Crippen LogP contribution in [-0.2, 0) is 0 Å². The summed E-state index contributed by atoms with van der Waals surface area (Å²) in [6, 6.07) is 138. The minimum atomic E-state index is 1.05. The van der Waals surface area contributed by atoms with Gasteiger partial charge in [-0.25, -0.2) is 0 Å². The van der Waals surface area contributed by atoms with E-state index in [0.717, 1.165) is 112 Å². The molecule has 442 valence electrons. The van der Waals surface area contributed by atoms with Gasteiger partial charge in [0, 0.05) is 67.0 Å². The molecule has 17 aromatic carbocycles. The number of fused-ring (bicyclic) bond motifs is 6. The van der Waals surface area contributed by atoms with Crippen molar-refractivity contribution in [3.8, 4) is 22.3 Å². The summed E-state index contributed by atoms with van der Waals surface area (Å²) in [4.78, 5) is 9.67. The molecule has 0 spiro atoms. The lowest BCUT2D eigenvalue weighted by Crippen LogP contribution is -2.12. The third-order valence-electron chi connectivity index (χ3n) is 18.5. The van der Waals surface area contributed by atoms with Gasteiger partial charge >= 0.3 is 0 Å². The third-order valence-corrected chi connectivity index (χ3v) is 18.5. The Balaban J connectivity index is 0.973. The first-order valence-electron chi connectivity index (χ1n) is 32.2. The molecular formula is C90H62N4. The van der Waals surface area contributed by atoms with Crippen LogP contribution < -0.4 is 19.6 Å². The predicted octanol–water partition coefficient (Wildman–Crippen LogP) is 25.8. The third kappa shape index (κ3) is 9.99. The number of para-hydroxylation sites is 4. The van der Waals surface area contributed by atoms with Gasteiger partial charge in [0.2, 0.25) is 0 Å². The smallest absolute Gasteiger partial charge is 0.0540 e. The number of benzene rings is 17. The molecule has 0 aromatic heterocycles. The van der Waals surface area contributed by atoms with Crippen LogP contribution in [-0.4, -0.2) is 0 Å². The van der Waals surface area contributed by atoms with Crippen molar-refractivity contribution >= 4 is 133 Å². The highest BCUT2D eigenvalue weighted by molar-refractivity contribution is 6.23. The fraction of sp³-hybridized carbons (Fsp3) is 0. The first-order valence-corrected chi connectivity index (χ1v) is 32.2. The van der Waals surface area contributed by atoms with Crippen molar-refractivity contribution in [3.05, 3.63) is 376 Å². The van der Waals surface area contributed by atoms with E-state index < -0.39 is 0 Å². The highest BCUT2D eigenvalue weighted by Gasteiger charge is 2.26. The average molecular weight is 1200 g/mol. The van der Waals surface area contributed by atoms with Crippen LogP contribution in [0.5, 0.6) is 0 Å². The SMILES string of the molecule is c1ccc(N(c2ccccc2)c2ccc(-c3c4ccc(N(c5cccc6ccccc56)c5cccc6ccccc56)cc4c(-c4ccc(N(c5ccccc5)c5ccccc5)cc4)c4ccc(N(c5cccc6ccccc56)c5cccc6ccccc56)cc34)cc2)cc1. The number of hydrogen-bond acceptors (Lipinski definition) is 4. The predicted molar refractivity (Wildman–Crippen MR) is 401 cm³/mol. The van der Waals surface area contributed by atoms with Crippen LogP contribution in [0.25, 0.3) is 86.9 Å². The van der Waals surface area contributed by atoms with Crippen molar-refractivity contribution in [1.29, 1.82) is 0 Å². The molecule has 0 aliphatic rings. The summed E-state index contributed by atoms with van der Waals surface area (Å²) in [6.45, 7) is 0. The second-order valence-electron chi connectivity index (χ2n) is 24.0. The summed E-state index contributed by atoms with van der Waals surface area (Å²) < 4.78 is 0. The van der Waals surface area contributed by atoms with Gasteiger partial charge in [-0.15, -0.1) is 0 Å². The summed E-state index contributed by atoms with van der Waals surface area (Å²) in [6.07, 6.45) is 0. The van der Waals surface area contributed by atoms with Crippen LogP contribution in [0, 0.1) is 0 Å². The molecule has 0 heterocycles. The second kappa shape index (κ2) is 24.0. The lowest BCUT2D eigenvalue weighted by molar-refractivity contribution is 1.28. The topological polar surface area (TPSA) is 13.0 Å². The van der Waals surface area contributed by atoms with E-state index in [1.807, 2.05) is 0 Å². The standard InChI is InChI=1S/C90H62N4/c1-5-33-69(34-6-1)91(70-35-7-2-8-36-70)73-53-49-67(50-54-73)89-81-59-57-76(94(87-47-23-31-65-27-15-19-43-79(65)87)88-48-24-32-66-28-16-20-44-80(66)88)62-84(81)90(68-51-55-74(56-52-68)92(71-37-9-3-10-38-71)72-39-11-4-12-40-72)82-60-58-75(61-83(82)89)93(85-45-21-29-63-25-13-17-41-77(63)85)86-46-22-30-64-26-14-18-42-78(64)86/h1-62H. The number of hydrogen-bond donors (Lipinski definition) is 0. The number of anilines is 12. The van der Waals surface area contributed by atoms with E-state index in [9.17, 15) is 0 Å². The van der Waals surface area contributed by atoms with Gasteiger partial charge in [-0.3, -0.25) is 0 Å². The van der Waals surface area contributed by atoms with E-state index in [-0.39, 0.29) is 0 Å². The molecule has 17 aromatic rings. The van der Waals surface area contributed by atoms with Gasteiger partial charge in [0.25, 0.3) is 0 Å². The van der Waals surface area contributed by atoms with E-state index in [1.54, 1.807) is 0 Å². The molecule has 0 fully saturated rings. The van der Waals surface area contributed by atoms with Crippen LogP contribution in [0.2, 0.25) is 0 Å². The highest BCUT2D eigenvalue weighted by Crippen LogP contribution is 2.52.